The highest BCUT2D eigenvalue weighted by Crippen LogP contribution is 2.33. The fourth-order valence-corrected chi connectivity index (χ4v) is 5.16. The van der Waals surface area contributed by atoms with Crippen LogP contribution in [0.15, 0.2) is 24.3 Å². The van der Waals surface area contributed by atoms with Crippen molar-refractivity contribution < 1.29 is 0 Å². The summed E-state index contributed by atoms with van der Waals surface area (Å²) in [5, 5.41) is 0. The average Bonchev–Trinajstić information content (AvgIpc) is 2.74. The molecule has 0 bridgehead atoms. The molecule has 2 fully saturated rings. The largest absolute Gasteiger partial charge is 0.0730 e. The van der Waals surface area contributed by atoms with Gasteiger partial charge in [-0.25, -0.2) is 0 Å². The minimum atomic E-state index is 0.781. The van der Waals surface area contributed by atoms with E-state index in [2.05, 4.69) is 50.0 Å². The third-order valence-corrected chi connectivity index (χ3v) is 7.20. The van der Waals surface area contributed by atoms with Crippen LogP contribution in [0.25, 0.3) is 0 Å². The zero-order valence-electron chi connectivity index (χ0n) is 18.9. The first-order valence-electron chi connectivity index (χ1n) is 12.7. The number of allylic oxidation sites excluding steroid dienone is 4. The molecule has 2 rings (SSSR count). The highest BCUT2D eigenvalue weighted by molar-refractivity contribution is 5.24. The molecule has 28 heavy (non-hydrogen) atoms. The molecule has 0 aromatic rings. The van der Waals surface area contributed by atoms with Crippen molar-refractivity contribution >= 4 is 0 Å². The van der Waals surface area contributed by atoms with Gasteiger partial charge in [-0.3, -0.25) is 0 Å². The predicted octanol–water partition coefficient (Wildman–Crippen LogP) is 8.88. The van der Waals surface area contributed by atoms with E-state index < -0.39 is 0 Å². The molecular weight excluding hydrogens is 336 g/mol. The van der Waals surface area contributed by atoms with Crippen LogP contribution < -0.4 is 0 Å². The van der Waals surface area contributed by atoms with E-state index >= 15 is 0 Å². The van der Waals surface area contributed by atoms with Gasteiger partial charge in [0.1, 0.15) is 0 Å². The van der Waals surface area contributed by atoms with E-state index in [1.54, 1.807) is 0 Å². The molecule has 0 unspecified atom stereocenters. The van der Waals surface area contributed by atoms with Crippen molar-refractivity contribution in [2.75, 3.05) is 0 Å². The van der Waals surface area contributed by atoms with Gasteiger partial charge >= 0.3 is 0 Å². The molecule has 2 aliphatic carbocycles. The lowest BCUT2D eigenvalue weighted by molar-refractivity contribution is 0.289. The third-order valence-electron chi connectivity index (χ3n) is 7.20. The van der Waals surface area contributed by atoms with Gasteiger partial charge in [-0.1, -0.05) is 89.2 Å². The summed E-state index contributed by atoms with van der Waals surface area (Å²) in [5.41, 5.74) is 0. The van der Waals surface area contributed by atoms with Gasteiger partial charge in [-0.15, -0.1) is 0 Å². The summed E-state index contributed by atoms with van der Waals surface area (Å²) in [6.45, 7) is 4.61. The molecule has 0 atom stereocenters. The molecule has 0 nitrogen and oxygen atoms in total. The van der Waals surface area contributed by atoms with Crippen LogP contribution in [0.2, 0.25) is 0 Å². The molecule has 0 aromatic carbocycles. The van der Waals surface area contributed by atoms with Crippen molar-refractivity contribution in [1.29, 1.82) is 0 Å². The summed E-state index contributed by atoms with van der Waals surface area (Å²) in [6.07, 6.45) is 31.7. The van der Waals surface area contributed by atoms with Crippen LogP contribution >= 0.6 is 0 Å². The van der Waals surface area contributed by atoms with Gasteiger partial charge in [-0.2, -0.15) is 0 Å². The maximum atomic E-state index is 3.25. The predicted molar refractivity (Wildman–Crippen MR) is 125 cm³/mol. The lowest BCUT2D eigenvalue weighted by Gasteiger charge is -2.26. The van der Waals surface area contributed by atoms with Crippen molar-refractivity contribution in [3.8, 4) is 11.8 Å². The molecular formula is C28H46. The van der Waals surface area contributed by atoms with Crippen LogP contribution in [-0.4, -0.2) is 0 Å². The number of hydrogen-bond acceptors (Lipinski definition) is 0. The first-order valence-corrected chi connectivity index (χ1v) is 12.7. The van der Waals surface area contributed by atoms with Gasteiger partial charge < -0.3 is 0 Å². The Morgan fingerprint density at radius 3 is 1.50 bits per heavy atom. The topological polar surface area (TPSA) is 0 Å². The second-order valence-electron chi connectivity index (χ2n) is 9.56. The van der Waals surface area contributed by atoms with Gasteiger partial charge in [0.25, 0.3) is 0 Å². The molecule has 0 heteroatoms. The Balaban J connectivity index is 1.55. The van der Waals surface area contributed by atoms with Crippen LogP contribution in [-0.2, 0) is 0 Å². The Bertz CT molecular complexity index is 484. The van der Waals surface area contributed by atoms with Gasteiger partial charge in [0.15, 0.2) is 0 Å². The van der Waals surface area contributed by atoms with Gasteiger partial charge in [0, 0.05) is 0 Å². The van der Waals surface area contributed by atoms with Crippen LogP contribution in [0.5, 0.6) is 0 Å². The molecule has 0 amide bonds. The van der Waals surface area contributed by atoms with E-state index in [9.17, 15) is 0 Å². The smallest absolute Gasteiger partial charge is 0.0153 e. The van der Waals surface area contributed by atoms with Gasteiger partial charge in [0.2, 0.25) is 0 Å². The quantitative estimate of drug-likeness (QED) is 0.261. The van der Waals surface area contributed by atoms with Crippen molar-refractivity contribution in [1.82, 2.24) is 0 Å². The average molecular weight is 383 g/mol. The molecule has 158 valence electrons. The maximum Gasteiger partial charge on any atom is -0.0153 e. The first kappa shape index (κ1) is 23.3. The van der Waals surface area contributed by atoms with Gasteiger partial charge in [-0.05, 0) is 87.2 Å². The molecule has 0 radical (unpaired) electrons. The summed E-state index contributed by atoms with van der Waals surface area (Å²) in [6, 6.07) is 0. The Morgan fingerprint density at radius 2 is 1.04 bits per heavy atom. The summed E-state index contributed by atoms with van der Waals surface area (Å²) in [4.78, 5) is 0. The van der Waals surface area contributed by atoms with E-state index in [1.165, 1.54) is 103 Å². The van der Waals surface area contributed by atoms with E-state index in [0.29, 0.717) is 0 Å². The zero-order valence-corrected chi connectivity index (χ0v) is 18.9. The Labute approximate surface area is 176 Å². The lowest BCUT2D eigenvalue weighted by Crippen LogP contribution is -2.13. The lowest BCUT2D eigenvalue weighted by atomic mass is 9.79. The molecule has 2 aliphatic rings. The van der Waals surface area contributed by atoms with Crippen molar-refractivity contribution in [2.24, 2.45) is 23.7 Å². The van der Waals surface area contributed by atoms with E-state index in [0.717, 1.165) is 23.7 Å². The van der Waals surface area contributed by atoms with Crippen molar-refractivity contribution in [3.63, 3.8) is 0 Å². The molecule has 0 saturated heterocycles. The van der Waals surface area contributed by atoms with Crippen molar-refractivity contribution in [2.45, 2.75) is 117 Å². The zero-order chi connectivity index (χ0) is 19.9. The minimum absolute atomic E-state index is 0.781. The van der Waals surface area contributed by atoms with Crippen LogP contribution in [0.3, 0.4) is 0 Å². The molecule has 0 aromatic heterocycles. The Kier molecular flexibility index (Phi) is 12.5. The molecule has 0 aliphatic heterocycles. The van der Waals surface area contributed by atoms with Crippen LogP contribution in [0.1, 0.15) is 117 Å². The normalized spacial score (nSPS) is 28.5. The molecule has 0 spiro atoms. The molecule has 2 saturated carbocycles. The van der Waals surface area contributed by atoms with Crippen LogP contribution in [0, 0.1) is 35.5 Å². The monoisotopic (exact) mass is 382 g/mol. The standard InChI is InChI=1S/C28H46/c1-3-5-7-10-14-26-21-23-28(24-22-26)16-12-9-8-11-15-27-19-17-25(18-20-27)13-6-4-2/h11-12,15-16,25-28H,3-7,10,13-14,17-24H2,1-2H3/t25-,26-,27-,28-. The number of unbranched alkanes of at least 4 members (excludes halogenated alkanes) is 4. The fourth-order valence-electron chi connectivity index (χ4n) is 5.16. The summed E-state index contributed by atoms with van der Waals surface area (Å²) >= 11 is 0. The number of hydrogen-bond donors (Lipinski definition) is 0. The van der Waals surface area contributed by atoms with Gasteiger partial charge in [0.05, 0.1) is 0 Å². The van der Waals surface area contributed by atoms with Crippen LogP contribution in [0.4, 0.5) is 0 Å². The van der Waals surface area contributed by atoms with E-state index in [1.807, 2.05) is 0 Å². The third kappa shape index (κ3) is 10.0. The maximum absolute atomic E-state index is 3.25. The fraction of sp³-hybridized carbons (Fsp3) is 0.786. The summed E-state index contributed by atoms with van der Waals surface area (Å²) in [7, 11) is 0. The summed E-state index contributed by atoms with van der Waals surface area (Å²) < 4.78 is 0. The van der Waals surface area contributed by atoms with E-state index in [4.69, 9.17) is 0 Å². The Morgan fingerprint density at radius 1 is 0.571 bits per heavy atom. The van der Waals surface area contributed by atoms with Crippen molar-refractivity contribution in [3.05, 3.63) is 24.3 Å². The molecule has 0 heterocycles. The Hall–Kier alpha value is -0.960. The highest BCUT2D eigenvalue weighted by Gasteiger charge is 2.19. The highest BCUT2D eigenvalue weighted by atomic mass is 14.2. The SMILES string of the molecule is CCCCCC[C@H]1CC[C@H](C=CC#CC=C[C@H]2CC[C@H](CCCC)CC2)CC1. The van der Waals surface area contributed by atoms with E-state index in [-0.39, 0.29) is 0 Å². The minimum Gasteiger partial charge on any atom is -0.0730 e. The first-order chi connectivity index (χ1) is 13.8. The second-order valence-corrected chi connectivity index (χ2v) is 9.56. The summed E-state index contributed by atoms with van der Waals surface area (Å²) in [5.74, 6) is 10.1. The number of rotatable bonds is 10. The molecule has 0 N–H and O–H groups in total. The second kappa shape index (κ2) is 15.0.